The van der Waals surface area contributed by atoms with Crippen molar-refractivity contribution in [1.29, 1.82) is 0 Å². The molecule has 1 aliphatic heterocycles. The predicted octanol–water partition coefficient (Wildman–Crippen LogP) is 11.4. The van der Waals surface area contributed by atoms with Gasteiger partial charge in [-0.25, -0.2) is 0 Å². The average molecular weight is 867 g/mol. The van der Waals surface area contributed by atoms with Gasteiger partial charge in [0.1, 0.15) is 30.5 Å². The molecule has 6 unspecified atom stereocenters. The first-order chi connectivity index (χ1) is 30.4. The number of ether oxygens (including phenoxy) is 4. The standard InChI is InChI=1S/C53H86O9/c1-3-5-7-9-11-13-15-17-19-20-21-22-23-24-25-26-27-28-29-30-32-34-36-38-40-42-49(55)61-47(46-60-53-52(58)51(57)50(56)48(44-54)62-53)45-59-43-41-39-37-35-33-31-18-16-14-12-10-8-6-4-2/h5-8,11-14,17-19,21-22,24-25,27-28,31,47-48,50-54,56-58H,3-4,9-10,15-16,20,23,26,29-30,32-46H2,1-2H3/b7-5-,8-6-,13-11-,14-12-,19-17-,22-21-,25-24-,28-27-,31-18-. The maximum atomic E-state index is 12.8. The Morgan fingerprint density at radius 2 is 0.935 bits per heavy atom. The molecule has 0 amide bonds. The van der Waals surface area contributed by atoms with Crippen LogP contribution in [-0.2, 0) is 23.7 Å². The van der Waals surface area contributed by atoms with E-state index in [0.717, 1.165) is 135 Å². The van der Waals surface area contributed by atoms with E-state index in [2.05, 4.69) is 123 Å². The van der Waals surface area contributed by atoms with Gasteiger partial charge in [0.15, 0.2) is 6.29 Å². The molecule has 0 aromatic rings. The summed E-state index contributed by atoms with van der Waals surface area (Å²) in [5.41, 5.74) is 0. The van der Waals surface area contributed by atoms with Crippen molar-refractivity contribution >= 4 is 5.97 Å². The van der Waals surface area contributed by atoms with Crippen molar-refractivity contribution in [2.45, 2.75) is 192 Å². The quantitative estimate of drug-likeness (QED) is 0.0271. The topological polar surface area (TPSA) is 135 Å². The van der Waals surface area contributed by atoms with E-state index >= 15 is 0 Å². The number of hydrogen-bond donors (Lipinski definition) is 4. The van der Waals surface area contributed by atoms with Crippen LogP contribution in [0.1, 0.15) is 155 Å². The largest absolute Gasteiger partial charge is 0.457 e. The third kappa shape index (κ3) is 33.4. The maximum Gasteiger partial charge on any atom is 0.306 e. The Morgan fingerprint density at radius 3 is 1.40 bits per heavy atom. The van der Waals surface area contributed by atoms with Crippen LogP contribution in [0.25, 0.3) is 0 Å². The van der Waals surface area contributed by atoms with E-state index < -0.39 is 43.4 Å². The molecular formula is C53H86O9. The number of unbranched alkanes of at least 4 members (excludes halogenated alkanes) is 10. The van der Waals surface area contributed by atoms with Gasteiger partial charge in [-0.2, -0.15) is 0 Å². The van der Waals surface area contributed by atoms with Gasteiger partial charge < -0.3 is 39.4 Å². The Morgan fingerprint density at radius 1 is 0.516 bits per heavy atom. The minimum Gasteiger partial charge on any atom is -0.457 e. The summed E-state index contributed by atoms with van der Waals surface area (Å²) in [5.74, 6) is -0.342. The van der Waals surface area contributed by atoms with E-state index in [1.807, 2.05) is 0 Å². The lowest BCUT2D eigenvalue weighted by Crippen LogP contribution is -2.59. The molecule has 6 atom stereocenters. The fraction of sp³-hybridized carbons (Fsp3) is 0.642. The molecule has 9 nitrogen and oxygen atoms in total. The van der Waals surface area contributed by atoms with E-state index in [4.69, 9.17) is 18.9 Å². The monoisotopic (exact) mass is 867 g/mol. The highest BCUT2D eigenvalue weighted by atomic mass is 16.7. The Labute approximate surface area is 376 Å². The Balaban J connectivity index is 2.26. The van der Waals surface area contributed by atoms with Gasteiger partial charge >= 0.3 is 5.97 Å². The van der Waals surface area contributed by atoms with Crippen LogP contribution in [0.5, 0.6) is 0 Å². The van der Waals surface area contributed by atoms with Gasteiger partial charge in [-0.3, -0.25) is 4.79 Å². The molecule has 0 saturated carbocycles. The lowest BCUT2D eigenvalue weighted by atomic mass is 9.99. The van der Waals surface area contributed by atoms with E-state index in [1.54, 1.807) is 0 Å². The van der Waals surface area contributed by atoms with Crippen LogP contribution in [0.4, 0.5) is 0 Å². The van der Waals surface area contributed by atoms with Gasteiger partial charge in [-0.1, -0.05) is 162 Å². The fourth-order valence-corrected chi connectivity index (χ4v) is 6.51. The maximum absolute atomic E-state index is 12.8. The number of hydrogen-bond acceptors (Lipinski definition) is 9. The van der Waals surface area contributed by atoms with Crippen LogP contribution in [0.15, 0.2) is 109 Å². The number of carbonyl (C=O) groups is 1. The van der Waals surface area contributed by atoms with Crippen LogP contribution in [0.2, 0.25) is 0 Å². The summed E-state index contributed by atoms with van der Waals surface area (Å²) in [7, 11) is 0. The zero-order valence-corrected chi connectivity index (χ0v) is 38.6. The molecule has 9 heteroatoms. The van der Waals surface area contributed by atoms with Crippen LogP contribution >= 0.6 is 0 Å². The molecule has 0 aromatic heterocycles. The molecule has 1 fully saturated rings. The number of esters is 1. The first-order valence-corrected chi connectivity index (χ1v) is 24.0. The number of rotatable bonds is 39. The number of aliphatic hydroxyl groups excluding tert-OH is 4. The third-order valence-electron chi connectivity index (χ3n) is 10.2. The first-order valence-electron chi connectivity index (χ1n) is 24.0. The van der Waals surface area contributed by atoms with Gasteiger partial charge in [0.05, 0.1) is 19.8 Å². The fourth-order valence-electron chi connectivity index (χ4n) is 6.51. The van der Waals surface area contributed by atoms with E-state index in [9.17, 15) is 25.2 Å². The third-order valence-corrected chi connectivity index (χ3v) is 10.2. The van der Waals surface area contributed by atoms with Crippen LogP contribution < -0.4 is 0 Å². The molecule has 1 saturated heterocycles. The molecule has 4 N–H and O–H groups in total. The lowest BCUT2D eigenvalue weighted by molar-refractivity contribution is -0.305. The van der Waals surface area contributed by atoms with Crippen molar-refractivity contribution in [3.63, 3.8) is 0 Å². The molecule has 0 aliphatic carbocycles. The molecule has 0 spiro atoms. The van der Waals surface area contributed by atoms with Crippen molar-refractivity contribution in [1.82, 2.24) is 0 Å². The molecule has 0 aromatic carbocycles. The molecule has 1 aliphatic rings. The van der Waals surface area contributed by atoms with Gasteiger partial charge in [0.25, 0.3) is 0 Å². The van der Waals surface area contributed by atoms with E-state index in [1.165, 1.54) is 0 Å². The van der Waals surface area contributed by atoms with Crippen molar-refractivity contribution in [3.05, 3.63) is 109 Å². The summed E-state index contributed by atoms with van der Waals surface area (Å²) >= 11 is 0. The van der Waals surface area contributed by atoms with E-state index in [-0.39, 0.29) is 25.6 Å². The summed E-state index contributed by atoms with van der Waals surface area (Å²) in [5, 5.41) is 40.2. The lowest BCUT2D eigenvalue weighted by Gasteiger charge is -2.39. The average Bonchev–Trinajstić information content (AvgIpc) is 3.27. The number of allylic oxidation sites excluding steroid dienone is 18. The second-order valence-corrected chi connectivity index (χ2v) is 15.8. The Hall–Kier alpha value is -3.15. The Bertz CT molecular complexity index is 1310. The van der Waals surface area contributed by atoms with Crippen molar-refractivity contribution in [2.24, 2.45) is 0 Å². The zero-order chi connectivity index (χ0) is 45.0. The van der Waals surface area contributed by atoms with Gasteiger partial charge in [0.2, 0.25) is 0 Å². The van der Waals surface area contributed by atoms with Crippen molar-refractivity contribution < 1.29 is 44.2 Å². The summed E-state index contributed by atoms with van der Waals surface area (Å²) in [6, 6.07) is 0. The minimum atomic E-state index is -1.55. The highest BCUT2D eigenvalue weighted by Crippen LogP contribution is 2.22. The normalized spacial score (nSPS) is 20.8. The second kappa shape index (κ2) is 43.1. The molecule has 1 rings (SSSR count). The van der Waals surface area contributed by atoms with E-state index in [0.29, 0.717) is 6.61 Å². The summed E-state index contributed by atoms with van der Waals surface area (Å²) < 4.78 is 22.8. The summed E-state index contributed by atoms with van der Waals surface area (Å²) in [6.45, 7) is 4.23. The van der Waals surface area contributed by atoms with Gasteiger partial charge in [-0.15, -0.1) is 0 Å². The Kier molecular flexibility index (Phi) is 39.5. The van der Waals surface area contributed by atoms with Crippen LogP contribution in [0.3, 0.4) is 0 Å². The highest BCUT2D eigenvalue weighted by molar-refractivity contribution is 5.69. The molecule has 352 valence electrons. The zero-order valence-electron chi connectivity index (χ0n) is 38.6. The molecular weight excluding hydrogens is 781 g/mol. The SMILES string of the molecule is CC/C=C\C/C=C\C/C=C\C/C=C\C/C=C\C/C=C\CCCCCCCCC(=O)OC(COCCCCCC/C=C\C/C=C\C/C=C\CC)COC1OC(CO)C(O)C(O)C1O. The smallest absolute Gasteiger partial charge is 0.306 e. The first kappa shape index (κ1) is 56.9. The van der Waals surface area contributed by atoms with Crippen LogP contribution in [-0.4, -0.2) is 89.6 Å². The van der Waals surface area contributed by atoms with Gasteiger partial charge in [0, 0.05) is 13.0 Å². The second-order valence-electron chi connectivity index (χ2n) is 15.8. The van der Waals surface area contributed by atoms with Crippen molar-refractivity contribution in [2.75, 3.05) is 26.4 Å². The molecule has 0 radical (unpaired) electrons. The number of aliphatic hydroxyl groups is 4. The summed E-state index contributed by atoms with van der Waals surface area (Å²) in [6.07, 6.45) is 54.0. The summed E-state index contributed by atoms with van der Waals surface area (Å²) in [4.78, 5) is 12.8. The van der Waals surface area contributed by atoms with Crippen LogP contribution in [0, 0.1) is 0 Å². The molecule has 62 heavy (non-hydrogen) atoms. The van der Waals surface area contributed by atoms with Gasteiger partial charge in [-0.05, 0) is 96.3 Å². The molecule has 0 bridgehead atoms. The predicted molar refractivity (Wildman–Crippen MR) is 256 cm³/mol. The minimum absolute atomic E-state index is 0.115. The highest BCUT2D eigenvalue weighted by Gasteiger charge is 2.44. The number of carbonyl (C=O) groups excluding carboxylic acids is 1. The molecule has 1 heterocycles. The van der Waals surface area contributed by atoms with Crippen molar-refractivity contribution in [3.8, 4) is 0 Å².